The maximum Gasteiger partial charge on any atom is 0.175 e. The highest BCUT2D eigenvalue weighted by atomic mass is 79.9. The SMILES string of the molecule is CCNCc1cc(Br)c(OCCCCCO)c(OC)c1. The smallest absolute Gasteiger partial charge is 0.175 e. The van der Waals surface area contributed by atoms with Crippen molar-refractivity contribution < 1.29 is 14.6 Å². The van der Waals surface area contributed by atoms with Crippen molar-refractivity contribution in [2.45, 2.75) is 32.7 Å². The first kappa shape index (κ1) is 17.3. The lowest BCUT2D eigenvalue weighted by Crippen LogP contribution is -2.12. The van der Waals surface area contributed by atoms with Gasteiger partial charge in [-0.1, -0.05) is 6.92 Å². The summed E-state index contributed by atoms with van der Waals surface area (Å²) in [6, 6.07) is 4.05. The van der Waals surface area contributed by atoms with E-state index in [1.807, 2.05) is 12.1 Å². The molecule has 1 aromatic carbocycles. The Balaban J connectivity index is 2.64. The molecule has 0 saturated carbocycles. The maximum absolute atomic E-state index is 8.74. The molecule has 0 bridgehead atoms. The molecule has 0 radical (unpaired) electrons. The van der Waals surface area contributed by atoms with Gasteiger partial charge >= 0.3 is 0 Å². The molecule has 0 fully saturated rings. The highest BCUT2D eigenvalue weighted by Crippen LogP contribution is 2.36. The largest absolute Gasteiger partial charge is 0.493 e. The monoisotopic (exact) mass is 345 g/mol. The summed E-state index contributed by atoms with van der Waals surface area (Å²) < 4.78 is 12.1. The van der Waals surface area contributed by atoms with Crippen LogP contribution in [-0.4, -0.2) is 32.0 Å². The minimum atomic E-state index is 0.242. The van der Waals surface area contributed by atoms with Gasteiger partial charge in [-0.2, -0.15) is 0 Å². The zero-order valence-corrected chi connectivity index (χ0v) is 13.8. The van der Waals surface area contributed by atoms with E-state index in [1.54, 1.807) is 7.11 Å². The summed E-state index contributed by atoms with van der Waals surface area (Å²) in [6.45, 7) is 4.69. The molecule has 1 rings (SSSR count). The molecule has 0 aliphatic heterocycles. The van der Waals surface area contributed by atoms with Crippen molar-refractivity contribution in [3.05, 3.63) is 22.2 Å². The van der Waals surface area contributed by atoms with E-state index in [4.69, 9.17) is 14.6 Å². The number of aliphatic hydroxyl groups is 1. The fraction of sp³-hybridized carbons (Fsp3) is 0.600. The summed E-state index contributed by atoms with van der Waals surface area (Å²) >= 11 is 3.54. The van der Waals surface area contributed by atoms with Crippen molar-refractivity contribution in [2.24, 2.45) is 0 Å². The van der Waals surface area contributed by atoms with Crippen LogP contribution in [0.5, 0.6) is 11.5 Å². The average molecular weight is 346 g/mol. The fourth-order valence-corrected chi connectivity index (χ4v) is 2.45. The predicted molar refractivity (Wildman–Crippen MR) is 84.5 cm³/mol. The van der Waals surface area contributed by atoms with Crippen LogP contribution in [-0.2, 0) is 6.54 Å². The first-order chi connectivity index (χ1) is 9.72. The summed E-state index contributed by atoms with van der Waals surface area (Å²) in [7, 11) is 1.65. The van der Waals surface area contributed by atoms with Gasteiger partial charge in [0.05, 0.1) is 18.2 Å². The van der Waals surface area contributed by atoms with Gasteiger partial charge in [-0.05, 0) is 59.4 Å². The number of rotatable bonds is 10. The second-order valence-corrected chi connectivity index (χ2v) is 5.38. The Morgan fingerprint density at radius 1 is 1.25 bits per heavy atom. The first-order valence-corrected chi connectivity index (χ1v) is 7.83. The lowest BCUT2D eigenvalue weighted by Gasteiger charge is -2.14. The van der Waals surface area contributed by atoms with E-state index in [-0.39, 0.29) is 6.61 Å². The molecular weight excluding hydrogens is 322 g/mol. The van der Waals surface area contributed by atoms with E-state index >= 15 is 0 Å². The lowest BCUT2D eigenvalue weighted by molar-refractivity contribution is 0.259. The third-order valence-electron chi connectivity index (χ3n) is 2.92. The number of nitrogens with one attached hydrogen (secondary N) is 1. The molecule has 0 unspecified atom stereocenters. The molecule has 1 aromatic rings. The third-order valence-corrected chi connectivity index (χ3v) is 3.51. The summed E-state index contributed by atoms with van der Waals surface area (Å²) in [5.74, 6) is 1.49. The number of hydrogen-bond acceptors (Lipinski definition) is 4. The molecule has 114 valence electrons. The highest BCUT2D eigenvalue weighted by molar-refractivity contribution is 9.10. The Labute approximate surface area is 129 Å². The van der Waals surface area contributed by atoms with Gasteiger partial charge in [-0.25, -0.2) is 0 Å². The van der Waals surface area contributed by atoms with Crippen LogP contribution in [0.15, 0.2) is 16.6 Å². The Morgan fingerprint density at radius 3 is 2.70 bits per heavy atom. The number of aliphatic hydroxyl groups excluding tert-OH is 1. The average Bonchev–Trinajstić information content (AvgIpc) is 2.46. The van der Waals surface area contributed by atoms with Gasteiger partial charge in [0.2, 0.25) is 0 Å². The molecule has 0 saturated heterocycles. The lowest BCUT2D eigenvalue weighted by atomic mass is 10.2. The standard InChI is InChI=1S/C15H24BrNO3/c1-3-17-11-12-9-13(16)15(14(10-12)19-2)20-8-6-4-5-7-18/h9-10,17-18H,3-8,11H2,1-2H3. The summed E-state index contributed by atoms with van der Waals surface area (Å²) in [5.41, 5.74) is 1.16. The van der Waals surface area contributed by atoms with E-state index < -0.39 is 0 Å². The Bertz CT molecular complexity index is 399. The Morgan fingerprint density at radius 2 is 2.05 bits per heavy atom. The van der Waals surface area contributed by atoms with Gasteiger partial charge in [-0.3, -0.25) is 0 Å². The van der Waals surface area contributed by atoms with Crippen LogP contribution >= 0.6 is 15.9 Å². The molecule has 0 aliphatic carbocycles. The van der Waals surface area contributed by atoms with Crippen LogP contribution in [0.4, 0.5) is 0 Å². The molecule has 0 amide bonds. The molecule has 2 N–H and O–H groups in total. The number of hydrogen-bond donors (Lipinski definition) is 2. The molecule has 5 heteroatoms. The molecule has 0 heterocycles. The van der Waals surface area contributed by atoms with Gasteiger partial charge < -0.3 is 19.9 Å². The molecule has 0 atom stereocenters. The zero-order valence-electron chi connectivity index (χ0n) is 12.2. The number of ether oxygens (including phenoxy) is 2. The second-order valence-electron chi connectivity index (χ2n) is 4.52. The van der Waals surface area contributed by atoms with Crippen molar-refractivity contribution in [3.63, 3.8) is 0 Å². The normalized spacial score (nSPS) is 10.6. The van der Waals surface area contributed by atoms with E-state index in [0.717, 1.165) is 53.9 Å². The topological polar surface area (TPSA) is 50.7 Å². The van der Waals surface area contributed by atoms with E-state index in [1.165, 1.54) is 0 Å². The summed E-state index contributed by atoms with van der Waals surface area (Å²) in [6.07, 6.45) is 2.72. The van der Waals surface area contributed by atoms with Crippen molar-refractivity contribution in [3.8, 4) is 11.5 Å². The summed E-state index contributed by atoms with van der Waals surface area (Å²) in [5, 5.41) is 12.0. The third kappa shape index (κ3) is 5.69. The van der Waals surface area contributed by atoms with E-state index in [9.17, 15) is 0 Å². The second kappa shape index (κ2) is 10.0. The molecule has 0 aliphatic rings. The van der Waals surface area contributed by atoms with Crippen LogP contribution in [0.3, 0.4) is 0 Å². The molecule has 20 heavy (non-hydrogen) atoms. The van der Waals surface area contributed by atoms with Gasteiger partial charge in [-0.15, -0.1) is 0 Å². The quantitative estimate of drug-likeness (QED) is 0.639. The molecule has 0 spiro atoms. The Kier molecular flexibility index (Phi) is 8.65. The van der Waals surface area contributed by atoms with E-state index in [2.05, 4.69) is 28.2 Å². The van der Waals surface area contributed by atoms with Gasteiger partial charge in [0.25, 0.3) is 0 Å². The Hall–Kier alpha value is -0.780. The minimum absolute atomic E-state index is 0.242. The number of unbranched alkanes of at least 4 members (excludes halogenated alkanes) is 2. The van der Waals surface area contributed by atoms with Crippen molar-refractivity contribution >= 4 is 15.9 Å². The zero-order chi connectivity index (χ0) is 14.8. The van der Waals surface area contributed by atoms with Crippen LogP contribution < -0.4 is 14.8 Å². The van der Waals surface area contributed by atoms with Gasteiger partial charge in [0.1, 0.15) is 0 Å². The fourth-order valence-electron chi connectivity index (χ4n) is 1.85. The number of halogens is 1. The van der Waals surface area contributed by atoms with Crippen molar-refractivity contribution in [2.75, 3.05) is 26.9 Å². The van der Waals surface area contributed by atoms with Crippen LogP contribution in [0.25, 0.3) is 0 Å². The van der Waals surface area contributed by atoms with Crippen molar-refractivity contribution in [1.29, 1.82) is 0 Å². The van der Waals surface area contributed by atoms with Crippen LogP contribution in [0.1, 0.15) is 31.7 Å². The van der Waals surface area contributed by atoms with Gasteiger partial charge in [0, 0.05) is 13.2 Å². The number of methoxy groups -OCH3 is 1. The predicted octanol–water partition coefficient (Wildman–Crippen LogP) is 3.11. The molecule has 0 aromatic heterocycles. The highest BCUT2D eigenvalue weighted by Gasteiger charge is 2.11. The van der Waals surface area contributed by atoms with Crippen LogP contribution in [0.2, 0.25) is 0 Å². The molecule has 4 nitrogen and oxygen atoms in total. The minimum Gasteiger partial charge on any atom is -0.493 e. The van der Waals surface area contributed by atoms with Crippen molar-refractivity contribution in [1.82, 2.24) is 5.32 Å². The summed E-state index contributed by atoms with van der Waals surface area (Å²) in [4.78, 5) is 0. The van der Waals surface area contributed by atoms with E-state index in [0.29, 0.717) is 6.61 Å². The van der Waals surface area contributed by atoms with Gasteiger partial charge in [0.15, 0.2) is 11.5 Å². The van der Waals surface area contributed by atoms with Crippen LogP contribution in [0, 0.1) is 0 Å². The first-order valence-electron chi connectivity index (χ1n) is 7.03. The maximum atomic E-state index is 8.74. The number of benzene rings is 1. The molecular formula is C15H24BrNO3.